The minimum absolute atomic E-state index is 0.0993. The minimum atomic E-state index is -0.0993. The number of carbonyl (C=O) groups excluding carboxylic acids is 1. The van der Waals surface area contributed by atoms with E-state index < -0.39 is 0 Å². The summed E-state index contributed by atoms with van der Waals surface area (Å²) >= 11 is 7.72. The van der Waals surface area contributed by atoms with E-state index in [0.29, 0.717) is 22.5 Å². The largest absolute Gasteiger partial charge is 0.467 e. The van der Waals surface area contributed by atoms with Crippen molar-refractivity contribution >= 4 is 35.0 Å². The van der Waals surface area contributed by atoms with Crippen molar-refractivity contribution in [2.75, 3.05) is 11.1 Å². The molecule has 4 aromatic rings. The van der Waals surface area contributed by atoms with Crippen molar-refractivity contribution in [1.82, 2.24) is 14.8 Å². The van der Waals surface area contributed by atoms with Gasteiger partial charge in [0.1, 0.15) is 5.76 Å². The van der Waals surface area contributed by atoms with Crippen LogP contribution in [0.1, 0.15) is 18.2 Å². The molecule has 1 amide bonds. The van der Waals surface area contributed by atoms with Gasteiger partial charge in [0, 0.05) is 11.3 Å². The lowest BCUT2D eigenvalue weighted by Gasteiger charge is -2.11. The second-order valence-electron chi connectivity index (χ2n) is 6.80. The number of para-hydroxylation sites is 1. The highest BCUT2D eigenvalue weighted by Crippen LogP contribution is 2.30. The molecule has 158 valence electrons. The van der Waals surface area contributed by atoms with Gasteiger partial charge in [-0.25, -0.2) is 0 Å². The molecule has 0 aliphatic rings. The first-order valence-electron chi connectivity index (χ1n) is 9.86. The molecule has 31 heavy (non-hydrogen) atoms. The molecule has 0 aliphatic heterocycles. The van der Waals surface area contributed by atoms with Crippen molar-refractivity contribution in [2.45, 2.75) is 25.0 Å². The Hall–Kier alpha value is -3.03. The Bertz CT molecular complexity index is 1170. The maximum absolute atomic E-state index is 12.6. The minimum Gasteiger partial charge on any atom is -0.467 e. The number of anilines is 1. The maximum atomic E-state index is 12.6. The van der Waals surface area contributed by atoms with Crippen LogP contribution < -0.4 is 5.32 Å². The van der Waals surface area contributed by atoms with Crippen LogP contribution in [0.4, 0.5) is 5.69 Å². The Labute approximate surface area is 189 Å². The number of benzene rings is 2. The number of carbonyl (C=O) groups is 1. The SMILES string of the molecule is CCc1ccccc1NC(=O)CSc1nnc(-c2ccccc2Cl)n1Cc1ccco1. The highest BCUT2D eigenvalue weighted by atomic mass is 35.5. The Morgan fingerprint density at radius 3 is 2.68 bits per heavy atom. The van der Waals surface area contributed by atoms with Crippen LogP contribution in [0, 0.1) is 0 Å². The maximum Gasteiger partial charge on any atom is 0.234 e. The molecule has 0 atom stereocenters. The molecule has 8 heteroatoms. The van der Waals surface area contributed by atoms with Crippen LogP contribution in [-0.4, -0.2) is 26.4 Å². The fourth-order valence-electron chi connectivity index (χ4n) is 3.21. The van der Waals surface area contributed by atoms with Crippen LogP contribution in [0.15, 0.2) is 76.5 Å². The van der Waals surface area contributed by atoms with Gasteiger partial charge in [-0.05, 0) is 42.3 Å². The number of aryl methyl sites for hydroxylation is 1. The molecular formula is C23H21ClN4O2S. The van der Waals surface area contributed by atoms with Crippen molar-refractivity contribution in [3.63, 3.8) is 0 Å². The van der Waals surface area contributed by atoms with Crippen molar-refractivity contribution in [3.05, 3.63) is 83.3 Å². The number of nitrogens with zero attached hydrogens (tertiary/aromatic N) is 3. The number of furan rings is 1. The summed E-state index contributed by atoms with van der Waals surface area (Å²) in [5.41, 5.74) is 2.71. The van der Waals surface area contributed by atoms with Crippen LogP contribution in [0.5, 0.6) is 0 Å². The van der Waals surface area contributed by atoms with E-state index in [4.69, 9.17) is 16.0 Å². The Morgan fingerprint density at radius 1 is 1.10 bits per heavy atom. The van der Waals surface area contributed by atoms with E-state index in [2.05, 4.69) is 22.4 Å². The van der Waals surface area contributed by atoms with Crippen LogP contribution >= 0.6 is 23.4 Å². The molecule has 0 aliphatic carbocycles. The third kappa shape index (κ3) is 5.00. The highest BCUT2D eigenvalue weighted by molar-refractivity contribution is 7.99. The molecule has 6 nitrogen and oxygen atoms in total. The smallest absolute Gasteiger partial charge is 0.234 e. The lowest BCUT2D eigenvalue weighted by molar-refractivity contribution is -0.113. The summed E-state index contributed by atoms with van der Waals surface area (Å²) in [4.78, 5) is 12.6. The van der Waals surface area contributed by atoms with E-state index in [1.165, 1.54) is 11.8 Å². The van der Waals surface area contributed by atoms with Gasteiger partial charge in [-0.15, -0.1) is 10.2 Å². The summed E-state index contributed by atoms with van der Waals surface area (Å²) < 4.78 is 7.43. The molecule has 2 aromatic heterocycles. The predicted molar refractivity (Wildman–Crippen MR) is 123 cm³/mol. The predicted octanol–water partition coefficient (Wildman–Crippen LogP) is 5.53. The highest BCUT2D eigenvalue weighted by Gasteiger charge is 2.19. The summed E-state index contributed by atoms with van der Waals surface area (Å²) in [5, 5.41) is 12.9. The number of amides is 1. The molecule has 0 radical (unpaired) electrons. The molecule has 0 bridgehead atoms. The van der Waals surface area contributed by atoms with Gasteiger partial charge in [0.05, 0.1) is 23.6 Å². The fourth-order valence-corrected chi connectivity index (χ4v) is 4.16. The first-order valence-corrected chi connectivity index (χ1v) is 11.2. The van der Waals surface area contributed by atoms with Gasteiger partial charge in [0.15, 0.2) is 11.0 Å². The average molecular weight is 453 g/mol. The van der Waals surface area contributed by atoms with Gasteiger partial charge in [0.2, 0.25) is 5.91 Å². The van der Waals surface area contributed by atoms with Crippen molar-refractivity contribution in [1.29, 1.82) is 0 Å². The van der Waals surface area contributed by atoms with E-state index >= 15 is 0 Å². The van der Waals surface area contributed by atoms with Crippen LogP contribution in [0.25, 0.3) is 11.4 Å². The number of thioether (sulfide) groups is 1. The molecule has 0 unspecified atom stereocenters. The number of hydrogen-bond donors (Lipinski definition) is 1. The van der Waals surface area contributed by atoms with Crippen molar-refractivity contribution < 1.29 is 9.21 Å². The van der Waals surface area contributed by atoms with Crippen LogP contribution in [-0.2, 0) is 17.8 Å². The van der Waals surface area contributed by atoms with E-state index in [0.717, 1.165) is 29.0 Å². The summed E-state index contributed by atoms with van der Waals surface area (Å²) in [7, 11) is 0. The number of nitrogens with one attached hydrogen (secondary N) is 1. The van der Waals surface area contributed by atoms with Gasteiger partial charge >= 0.3 is 0 Å². The average Bonchev–Trinajstić information content (AvgIpc) is 3.44. The molecule has 2 heterocycles. The third-order valence-electron chi connectivity index (χ3n) is 4.73. The Kier molecular flexibility index (Phi) is 6.74. The molecule has 2 aromatic carbocycles. The van der Waals surface area contributed by atoms with Crippen molar-refractivity contribution in [2.24, 2.45) is 0 Å². The van der Waals surface area contributed by atoms with E-state index in [-0.39, 0.29) is 11.7 Å². The number of halogens is 1. The topological polar surface area (TPSA) is 73.0 Å². The molecule has 0 saturated heterocycles. The van der Waals surface area contributed by atoms with Gasteiger partial charge in [0.25, 0.3) is 0 Å². The summed E-state index contributed by atoms with van der Waals surface area (Å²) in [6.45, 7) is 2.50. The number of aromatic nitrogens is 3. The van der Waals surface area contributed by atoms with E-state index in [1.54, 1.807) is 6.26 Å². The Balaban J connectivity index is 1.55. The molecule has 1 N–H and O–H groups in total. The first kappa shape index (κ1) is 21.2. The number of hydrogen-bond acceptors (Lipinski definition) is 5. The van der Waals surface area contributed by atoms with Gasteiger partial charge in [-0.3, -0.25) is 9.36 Å². The molecular weight excluding hydrogens is 432 g/mol. The van der Waals surface area contributed by atoms with E-state index in [9.17, 15) is 4.79 Å². The third-order valence-corrected chi connectivity index (χ3v) is 6.03. The van der Waals surface area contributed by atoms with Gasteiger partial charge in [-0.2, -0.15) is 0 Å². The quantitative estimate of drug-likeness (QED) is 0.356. The second-order valence-corrected chi connectivity index (χ2v) is 8.15. The van der Waals surface area contributed by atoms with Gasteiger partial charge in [-0.1, -0.05) is 60.6 Å². The Morgan fingerprint density at radius 2 is 1.90 bits per heavy atom. The number of rotatable bonds is 8. The molecule has 0 saturated carbocycles. The normalized spacial score (nSPS) is 10.9. The van der Waals surface area contributed by atoms with Crippen LogP contribution in [0.3, 0.4) is 0 Å². The summed E-state index contributed by atoms with van der Waals surface area (Å²) in [5.74, 6) is 1.49. The first-order chi connectivity index (χ1) is 15.2. The van der Waals surface area contributed by atoms with Crippen molar-refractivity contribution in [3.8, 4) is 11.4 Å². The fraction of sp³-hybridized carbons (Fsp3) is 0.174. The standard InChI is InChI=1S/C23H21ClN4O2S/c1-2-16-8-3-6-12-20(16)25-21(29)15-31-23-27-26-22(18-10-4-5-11-19(18)24)28(23)14-17-9-7-13-30-17/h3-13H,2,14-15H2,1H3,(H,25,29). The van der Waals surface area contributed by atoms with E-state index in [1.807, 2.05) is 65.2 Å². The van der Waals surface area contributed by atoms with Gasteiger partial charge < -0.3 is 9.73 Å². The second kappa shape index (κ2) is 9.85. The zero-order valence-corrected chi connectivity index (χ0v) is 18.5. The lowest BCUT2D eigenvalue weighted by Crippen LogP contribution is -2.16. The summed E-state index contributed by atoms with van der Waals surface area (Å²) in [6, 6.07) is 19.0. The zero-order chi connectivity index (χ0) is 21.6. The molecule has 0 spiro atoms. The van der Waals surface area contributed by atoms with Crippen LogP contribution in [0.2, 0.25) is 5.02 Å². The summed E-state index contributed by atoms with van der Waals surface area (Å²) in [6.07, 6.45) is 2.47. The zero-order valence-electron chi connectivity index (χ0n) is 16.9. The molecule has 0 fully saturated rings. The molecule has 4 rings (SSSR count). The monoisotopic (exact) mass is 452 g/mol. The lowest BCUT2D eigenvalue weighted by atomic mass is 10.1.